The van der Waals surface area contributed by atoms with Crippen LogP contribution in [0.3, 0.4) is 0 Å². The van der Waals surface area contributed by atoms with Gasteiger partial charge in [0.05, 0.1) is 23.7 Å². The fraction of sp³-hybridized carbons (Fsp3) is 0.211. The van der Waals surface area contributed by atoms with Gasteiger partial charge in [-0.2, -0.15) is 0 Å². The highest BCUT2D eigenvalue weighted by Crippen LogP contribution is 2.26. The van der Waals surface area contributed by atoms with Crippen molar-refractivity contribution in [1.29, 1.82) is 0 Å². The number of carbonyl (C=O) groups excluding carboxylic acids is 1. The summed E-state index contributed by atoms with van der Waals surface area (Å²) >= 11 is 7.22. The van der Waals surface area contributed by atoms with Crippen molar-refractivity contribution in [3.05, 3.63) is 63.4 Å². The third-order valence-electron chi connectivity index (χ3n) is 3.91. The van der Waals surface area contributed by atoms with Gasteiger partial charge in [-0.25, -0.2) is 4.98 Å². The molecule has 0 spiro atoms. The average molecular weight is 389 g/mol. The first-order valence-electron chi connectivity index (χ1n) is 7.94. The molecule has 7 heteroatoms. The summed E-state index contributed by atoms with van der Waals surface area (Å²) in [4.78, 5) is 29.5. The maximum atomic E-state index is 13.1. The lowest BCUT2D eigenvalue weighted by Gasteiger charge is -2.15. The van der Waals surface area contributed by atoms with Gasteiger partial charge in [-0.3, -0.25) is 14.2 Å². The zero-order chi connectivity index (χ0) is 18.8. The first kappa shape index (κ1) is 18.5. The second kappa shape index (κ2) is 7.51. The van der Waals surface area contributed by atoms with Gasteiger partial charge in [0.2, 0.25) is 0 Å². The van der Waals surface area contributed by atoms with E-state index >= 15 is 0 Å². The Balaban J connectivity index is 2.25. The summed E-state index contributed by atoms with van der Waals surface area (Å²) in [6, 6.07) is 12.5. The fourth-order valence-corrected chi connectivity index (χ4v) is 3.63. The van der Waals surface area contributed by atoms with E-state index in [9.17, 15) is 9.59 Å². The molecule has 0 radical (unpaired) electrons. The van der Waals surface area contributed by atoms with Crippen LogP contribution >= 0.6 is 23.4 Å². The predicted molar refractivity (Wildman–Crippen MR) is 104 cm³/mol. The van der Waals surface area contributed by atoms with E-state index in [1.165, 1.54) is 23.4 Å². The van der Waals surface area contributed by atoms with Crippen LogP contribution in [-0.2, 0) is 9.53 Å². The highest BCUT2D eigenvalue weighted by Gasteiger charge is 2.20. The second-order valence-electron chi connectivity index (χ2n) is 5.82. The van der Waals surface area contributed by atoms with Crippen LogP contribution in [0.2, 0.25) is 5.02 Å². The standard InChI is InChI=1S/C19H17ClN2O3S/c1-11-4-7-14(8-5-11)22-17(23)15-9-6-13(20)10-16(15)21-19(22)26-12(2)18(24)25-3/h4-10,12H,1-3H3. The summed E-state index contributed by atoms with van der Waals surface area (Å²) < 4.78 is 6.30. The second-order valence-corrected chi connectivity index (χ2v) is 7.56. The Morgan fingerprint density at radius 2 is 1.92 bits per heavy atom. The van der Waals surface area contributed by atoms with E-state index in [4.69, 9.17) is 16.3 Å². The number of nitrogens with zero attached hydrogens (tertiary/aromatic N) is 2. The first-order valence-corrected chi connectivity index (χ1v) is 9.20. The van der Waals surface area contributed by atoms with Crippen LogP contribution in [0.25, 0.3) is 16.6 Å². The maximum absolute atomic E-state index is 13.1. The highest BCUT2D eigenvalue weighted by atomic mass is 35.5. The van der Waals surface area contributed by atoms with Gasteiger partial charge < -0.3 is 4.74 Å². The Bertz CT molecular complexity index is 1030. The molecule has 0 N–H and O–H groups in total. The summed E-state index contributed by atoms with van der Waals surface area (Å²) in [6.07, 6.45) is 0. The van der Waals surface area contributed by atoms with Crippen molar-refractivity contribution in [3.8, 4) is 5.69 Å². The molecule has 1 aromatic heterocycles. The van der Waals surface area contributed by atoms with Crippen molar-refractivity contribution in [2.75, 3.05) is 7.11 Å². The zero-order valence-electron chi connectivity index (χ0n) is 14.5. The SMILES string of the molecule is COC(=O)C(C)Sc1nc2cc(Cl)ccc2c(=O)n1-c1ccc(C)cc1. The first-order chi connectivity index (χ1) is 12.4. The predicted octanol–water partition coefficient (Wildman–Crippen LogP) is 4.00. The Morgan fingerprint density at radius 1 is 1.23 bits per heavy atom. The quantitative estimate of drug-likeness (QED) is 0.384. The van der Waals surface area contributed by atoms with Crippen LogP contribution < -0.4 is 5.56 Å². The summed E-state index contributed by atoms with van der Waals surface area (Å²) in [5.74, 6) is -0.383. The van der Waals surface area contributed by atoms with Crippen LogP contribution in [0.4, 0.5) is 0 Å². The van der Waals surface area contributed by atoms with Gasteiger partial charge in [0.15, 0.2) is 5.16 Å². The molecule has 1 unspecified atom stereocenters. The molecule has 0 fully saturated rings. The lowest BCUT2D eigenvalue weighted by atomic mass is 10.2. The summed E-state index contributed by atoms with van der Waals surface area (Å²) in [5.41, 5.74) is 2.05. The van der Waals surface area contributed by atoms with Crippen LogP contribution in [0.1, 0.15) is 12.5 Å². The number of benzene rings is 2. The molecule has 1 heterocycles. The van der Waals surface area contributed by atoms with Crippen LogP contribution in [0.5, 0.6) is 0 Å². The number of esters is 1. The number of hydrogen-bond donors (Lipinski definition) is 0. The van der Waals surface area contributed by atoms with Crippen molar-refractivity contribution >= 4 is 40.2 Å². The molecular formula is C19H17ClN2O3S. The Hall–Kier alpha value is -2.31. The fourth-order valence-electron chi connectivity index (χ4n) is 2.51. The van der Waals surface area contributed by atoms with Gasteiger partial charge in [-0.1, -0.05) is 41.1 Å². The molecular weight excluding hydrogens is 372 g/mol. The smallest absolute Gasteiger partial charge is 0.318 e. The van der Waals surface area contributed by atoms with Gasteiger partial charge in [0, 0.05) is 5.02 Å². The molecule has 0 amide bonds. The van der Waals surface area contributed by atoms with Crippen molar-refractivity contribution in [1.82, 2.24) is 9.55 Å². The zero-order valence-corrected chi connectivity index (χ0v) is 16.1. The minimum absolute atomic E-state index is 0.213. The number of carbonyl (C=O) groups is 1. The number of aryl methyl sites for hydroxylation is 1. The molecule has 134 valence electrons. The van der Waals surface area contributed by atoms with E-state index in [2.05, 4.69) is 4.98 Å². The topological polar surface area (TPSA) is 61.2 Å². The molecule has 2 aromatic carbocycles. The van der Waals surface area contributed by atoms with E-state index in [-0.39, 0.29) is 11.5 Å². The molecule has 26 heavy (non-hydrogen) atoms. The highest BCUT2D eigenvalue weighted by molar-refractivity contribution is 8.00. The molecule has 0 aliphatic rings. The van der Waals surface area contributed by atoms with Crippen molar-refractivity contribution < 1.29 is 9.53 Å². The summed E-state index contributed by atoms with van der Waals surface area (Å²) in [5, 5.41) is 0.853. The molecule has 0 saturated heterocycles. The van der Waals surface area contributed by atoms with Crippen LogP contribution in [0.15, 0.2) is 52.4 Å². The Labute approximate surface area is 160 Å². The largest absolute Gasteiger partial charge is 0.468 e. The van der Waals surface area contributed by atoms with Gasteiger partial charge in [0.1, 0.15) is 5.25 Å². The molecule has 0 bridgehead atoms. The van der Waals surface area contributed by atoms with Gasteiger partial charge >= 0.3 is 5.97 Å². The van der Waals surface area contributed by atoms with Gasteiger partial charge in [-0.05, 0) is 44.2 Å². The molecule has 0 aliphatic carbocycles. The summed E-state index contributed by atoms with van der Waals surface area (Å²) in [7, 11) is 1.33. The molecule has 3 aromatic rings. The number of fused-ring (bicyclic) bond motifs is 1. The van der Waals surface area contributed by atoms with Gasteiger partial charge in [-0.15, -0.1) is 0 Å². The van der Waals surface area contributed by atoms with E-state index in [1.54, 1.807) is 25.1 Å². The lowest BCUT2D eigenvalue weighted by Crippen LogP contribution is -2.24. The van der Waals surface area contributed by atoms with Crippen molar-refractivity contribution in [2.24, 2.45) is 0 Å². The summed E-state index contributed by atoms with van der Waals surface area (Å²) in [6.45, 7) is 3.69. The number of aromatic nitrogens is 2. The third kappa shape index (κ3) is 3.61. The molecule has 1 atom stereocenters. The van der Waals surface area contributed by atoms with E-state index in [1.807, 2.05) is 31.2 Å². The number of ether oxygens (including phenoxy) is 1. The van der Waals surface area contributed by atoms with E-state index in [0.29, 0.717) is 26.8 Å². The molecule has 0 aliphatic heterocycles. The van der Waals surface area contributed by atoms with Gasteiger partial charge in [0.25, 0.3) is 5.56 Å². The van der Waals surface area contributed by atoms with Crippen LogP contribution in [0, 0.1) is 6.92 Å². The number of methoxy groups -OCH3 is 1. The Morgan fingerprint density at radius 3 is 2.58 bits per heavy atom. The van der Waals surface area contributed by atoms with Crippen LogP contribution in [-0.4, -0.2) is 27.9 Å². The van der Waals surface area contributed by atoms with Crippen molar-refractivity contribution in [2.45, 2.75) is 24.3 Å². The van der Waals surface area contributed by atoms with Crippen molar-refractivity contribution in [3.63, 3.8) is 0 Å². The average Bonchev–Trinajstić information content (AvgIpc) is 2.62. The molecule has 3 rings (SSSR count). The number of hydrogen-bond acceptors (Lipinski definition) is 5. The maximum Gasteiger partial charge on any atom is 0.318 e. The number of rotatable bonds is 4. The molecule has 0 saturated carbocycles. The van der Waals surface area contributed by atoms with E-state index in [0.717, 1.165) is 5.56 Å². The minimum Gasteiger partial charge on any atom is -0.468 e. The molecule has 5 nitrogen and oxygen atoms in total. The number of thioether (sulfide) groups is 1. The third-order valence-corrected chi connectivity index (χ3v) is 5.17. The normalized spacial score (nSPS) is 12.2. The monoisotopic (exact) mass is 388 g/mol. The number of halogens is 1. The van der Waals surface area contributed by atoms with E-state index < -0.39 is 5.25 Å². The lowest BCUT2D eigenvalue weighted by molar-refractivity contribution is -0.139. The minimum atomic E-state index is -0.514. The Kier molecular flexibility index (Phi) is 5.34.